The number of rotatable bonds is 5. The molecule has 3 fully saturated rings. The summed E-state index contributed by atoms with van der Waals surface area (Å²) in [6.45, 7) is 4.14. The largest absolute Gasteiger partial charge is 0.379 e. The number of carbonyl (C=O) groups is 1. The Morgan fingerprint density at radius 2 is 2.00 bits per heavy atom. The molecule has 1 saturated heterocycles. The average Bonchev–Trinajstić information content (AvgIpc) is 3.06. The van der Waals surface area contributed by atoms with Crippen molar-refractivity contribution in [2.45, 2.75) is 70.4 Å². The predicted octanol–water partition coefficient (Wildman–Crippen LogP) is 2.90. The standard InChI is InChI=1S/C18H31NO3/c1-13(11-22-17-8-9-21-12-17)19-18(20)16-7-6-14-4-2-3-5-15(14)10-16/h13-17H,2-12H2,1H3,(H,19,20)/t13-,14-,15-,16-,17-/m1/s1. The zero-order valence-corrected chi connectivity index (χ0v) is 13.9. The molecule has 1 heterocycles. The van der Waals surface area contributed by atoms with Gasteiger partial charge in [0.15, 0.2) is 0 Å². The molecule has 0 bridgehead atoms. The topological polar surface area (TPSA) is 47.6 Å². The van der Waals surface area contributed by atoms with Crippen LogP contribution in [0.5, 0.6) is 0 Å². The second-order valence-corrected chi connectivity index (χ2v) is 7.54. The van der Waals surface area contributed by atoms with Crippen LogP contribution in [0.1, 0.15) is 58.3 Å². The fourth-order valence-electron chi connectivity index (χ4n) is 4.44. The van der Waals surface area contributed by atoms with E-state index in [2.05, 4.69) is 5.32 Å². The SMILES string of the molecule is C[C@H](CO[C@@H]1CCOC1)NC(=O)[C@@H]1CC[C@H]2CCCC[C@@H]2C1. The van der Waals surface area contributed by atoms with Gasteiger partial charge in [-0.05, 0) is 44.4 Å². The third kappa shape index (κ3) is 4.23. The number of nitrogens with one attached hydrogen (secondary N) is 1. The Kier molecular flexibility index (Phi) is 5.75. The minimum Gasteiger partial charge on any atom is -0.379 e. The van der Waals surface area contributed by atoms with Crippen molar-refractivity contribution in [1.82, 2.24) is 5.32 Å². The van der Waals surface area contributed by atoms with E-state index in [9.17, 15) is 4.79 Å². The molecule has 0 aromatic heterocycles. The summed E-state index contributed by atoms with van der Waals surface area (Å²) in [4.78, 5) is 12.5. The van der Waals surface area contributed by atoms with Gasteiger partial charge in [0.2, 0.25) is 5.91 Å². The number of amides is 1. The van der Waals surface area contributed by atoms with Crippen molar-refractivity contribution < 1.29 is 14.3 Å². The lowest BCUT2D eigenvalue weighted by Crippen LogP contribution is -2.43. The smallest absolute Gasteiger partial charge is 0.223 e. The summed E-state index contributed by atoms with van der Waals surface area (Å²) >= 11 is 0. The molecular weight excluding hydrogens is 278 g/mol. The van der Waals surface area contributed by atoms with Crippen molar-refractivity contribution in [3.8, 4) is 0 Å². The van der Waals surface area contributed by atoms with Gasteiger partial charge in [-0.3, -0.25) is 4.79 Å². The third-order valence-electron chi connectivity index (χ3n) is 5.77. The van der Waals surface area contributed by atoms with E-state index in [1.54, 1.807) is 0 Å². The van der Waals surface area contributed by atoms with Crippen LogP contribution in [-0.2, 0) is 14.3 Å². The van der Waals surface area contributed by atoms with E-state index in [1.807, 2.05) is 6.92 Å². The van der Waals surface area contributed by atoms with E-state index in [0.29, 0.717) is 13.2 Å². The second-order valence-electron chi connectivity index (χ2n) is 7.54. The molecule has 3 aliphatic rings. The number of ether oxygens (including phenoxy) is 2. The molecule has 0 radical (unpaired) electrons. The Morgan fingerprint density at radius 3 is 2.77 bits per heavy atom. The molecule has 22 heavy (non-hydrogen) atoms. The molecule has 3 rings (SSSR count). The van der Waals surface area contributed by atoms with Crippen LogP contribution in [0.2, 0.25) is 0 Å². The summed E-state index contributed by atoms with van der Waals surface area (Å²) in [6.07, 6.45) is 10.1. The van der Waals surface area contributed by atoms with E-state index in [-0.39, 0.29) is 24.0 Å². The van der Waals surface area contributed by atoms with Crippen molar-refractivity contribution >= 4 is 5.91 Å². The molecule has 1 aliphatic heterocycles. The van der Waals surface area contributed by atoms with Gasteiger partial charge in [-0.2, -0.15) is 0 Å². The average molecular weight is 309 g/mol. The Balaban J connectivity index is 1.39. The maximum atomic E-state index is 12.5. The van der Waals surface area contributed by atoms with Crippen LogP contribution in [0.4, 0.5) is 0 Å². The maximum Gasteiger partial charge on any atom is 0.223 e. The molecule has 126 valence electrons. The normalized spacial score (nSPS) is 36.6. The first-order valence-corrected chi connectivity index (χ1v) is 9.22. The van der Waals surface area contributed by atoms with Crippen LogP contribution in [0.3, 0.4) is 0 Å². The van der Waals surface area contributed by atoms with Crippen molar-refractivity contribution in [3.63, 3.8) is 0 Å². The minimum absolute atomic E-state index is 0.0946. The Morgan fingerprint density at radius 1 is 1.18 bits per heavy atom. The number of fused-ring (bicyclic) bond motifs is 1. The molecule has 1 amide bonds. The van der Waals surface area contributed by atoms with Crippen LogP contribution in [-0.4, -0.2) is 37.9 Å². The quantitative estimate of drug-likeness (QED) is 0.849. The Hall–Kier alpha value is -0.610. The first kappa shape index (κ1) is 16.3. The summed E-state index contributed by atoms with van der Waals surface area (Å²) in [6, 6.07) is 0.0946. The lowest BCUT2D eigenvalue weighted by atomic mass is 9.67. The predicted molar refractivity (Wildman–Crippen MR) is 85.6 cm³/mol. The first-order chi connectivity index (χ1) is 10.7. The zero-order chi connectivity index (χ0) is 15.4. The van der Waals surface area contributed by atoms with Gasteiger partial charge in [-0.1, -0.05) is 25.7 Å². The van der Waals surface area contributed by atoms with Gasteiger partial charge in [0.1, 0.15) is 0 Å². The van der Waals surface area contributed by atoms with E-state index in [4.69, 9.17) is 9.47 Å². The highest BCUT2D eigenvalue weighted by molar-refractivity contribution is 5.79. The van der Waals surface area contributed by atoms with Crippen molar-refractivity contribution in [2.24, 2.45) is 17.8 Å². The zero-order valence-electron chi connectivity index (χ0n) is 13.9. The van der Waals surface area contributed by atoms with Crippen LogP contribution in [0.15, 0.2) is 0 Å². The van der Waals surface area contributed by atoms with Gasteiger partial charge in [0.05, 0.1) is 19.3 Å². The van der Waals surface area contributed by atoms with Crippen molar-refractivity contribution in [1.29, 1.82) is 0 Å². The molecule has 2 aliphatic carbocycles. The lowest BCUT2D eigenvalue weighted by molar-refractivity contribution is -0.128. The van der Waals surface area contributed by atoms with Gasteiger partial charge in [0.25, 0.3) is 0 Å². The molecule has 4 heteroatoms. The number of hydrogen-bond donors (Lipinski definition) is 1. The van der Waals surface area contributed by atoms with Gasteiger partial charge in [-0.25, -0.2) is 0 Å². The minimum atomic E-state index is 0.0946. The summed E-state index contributed by atoms with van der Waals surface area (Å²) in [5.41, 5.74) is 0. The van der Waals surface area contributed by atoms with Crippen molar-refractivity contribution in [2.75, 3.05) is 19.8 Å². The molecule has 4 nitrogen and oxygen atoms in total. The summed E-state index contributed by atoms with van der Waals surface area (Å²) in [7, 11) is 0. The number of carbonyl (C=O) groups excluding carboxylic acids is 1. The molecule has 0 unspecified atom stereocenters. The van der Waals surface area contributed by atoms with Gasteiger partial charge in [-0.15, -0.1) is 0 Å². The van der Waals surface area contributed by atoms with E-state index >= 15 is 0 Å². The monoisotopic (exact) mass is 309 g/mol. The molecule has 0 spiro atoms. The van der Waals surface area contributed by atoms with Gasteiger partial charge in [0, 0.05) is 18.6 Å². The molecule has 2 saturated carbocycles. The highest BCUT2D eigenvalue weighted by Gasteiger charge is 2.35. The molecule has 1 N–H and O–H groups in total. The molecule has 0 aromatic rings. The lowest BCUT2D eigenvalue weighted by Gasteiger charge is -2.39. The fraction of sp³-hybridized carbons (Fsp3) is 0.944. The van der Waals surface area contributed by atoms with Crippen LogP contribution in [0, 0.1) is 17.8 Å². The third-order valence-corrected chi connectivity index (χ3v) is 5.77. The van der Waals surface area contributed by atoms with Crippen LogP contribution in [0.25, 0.3) is 0 Å². The highest BCUT2D eigenvalue weighted by atomic mass is 16.5. The van der Waals surface area contributed by atoms with E-state index in [0.717, 1.165) is 37.7 Å². The Bertz CT molecular complexity index is 367. The Labute approximate surface area is 134 Å². The van der Waals surface area contributed by atoms with Gasteiger partial charge >= 0.3 is 0 Å². The molecule has 0 aromatic carbocycles. The van der Waals surface area contributed by atoms with Gasteiger partial charge < -0.3 is 14.8 Å². The van der Waals surface area contributed by atoms with E-state index in [1.165, 1.54) is 32.1 Å². The second kappa shape index (κ2) is 7.78. The van der Waals surface area contributed by atoms with E-state index < -0.39 is 0 Å². The first-order valence-electron chi connectivity index (χ1n) is 9.22. The highest BCUT2D eigenvalue weighted by Crippen LogP contribution is 2.42. The fourth-order valence-corrected chi connectivity index (χ4v) is 4.44. The molecule has 5 atom stereocenters. The number of hydrogen-bond acceptors (Lipinski definition) is 3. The van der Waals surface area contributed by atoms with Crippen LogP contribution >= 0.6 is 0 Å². The van der Waals surface area contributed by atoms with Crippen molar-refractivity contribution in [3.05, 3.63) is 0 Å². The van der Waals surface area contributed by atoms with Crippen LogP contribution < -0.4 is 5.32 Å². The summed E-state index contributed by atoms with van der Waals surface area (Å²) in [5, 5.41) is 3.16. The molecular formula is C18H31NO3. The summed E-state index contributed by atoms with van der Waals surface area (Å²) < 4.78 is 11.1. The summed E-state index contributed by atoms with van der Waals surface area (Å²) in [5.74, 6) is 2.20. The maximum absolute atomic E-state index is 12.5.